The molecular weight excluding hydrogens is 531 g/mol. The largest absolute Gasteiger partial charge is 0.493 e. The molecule has 2 N–H and O–H groups in total. The van der Waals surface area contributed by atoms with Gasteiger partial charge in [0.2, 0.25) is 5.91 Å². The molecule has 3 rings (SSSR count). The highest BCUT2D eigenvalue weighted by atomic mass is 127. The molecule has 7 nitrogen and oxygen atoms in total. The Morgan fingerprint density at radius 2 is 1.85 bits per heavy atom. The first-order chi connectivity index (χ1) is 15.6. The second-order valence-corrected chi connectivity index (χ2v) is 7.86. The van der Waals surface area contributed by atoms with Gasteiger partial charge in [-0.3, -0.25) is 9.79 Å². The van der Waals surface area contributed by atoms with E-state index in [1.807, 2.05) is 36.1 Å². The number of anilines is 1. The van der Waals surface area contributed by atoms with Crippen LogP contribution in [0.2, 0.25) is 0 Å². The number of piperidine rings is 1. The molecule has 1 saturated heterocycles. The fraction of sp³-hybridized carbons (Fsp3) is 0.440. The van der Waals surface area contributed by atoms with Gasteiger partial charge in [-0.15, -0.1) is 24.0 Å². The van der Waals surface area contributed by atoms with Crippen molar-refractivity contribution in [1.29, 1.82) is 0 Å². The molecule has 0 bridgehead atoms. The Kier molecular flexibility index (Phi) is 11.3. The molecule has 0 aliphatic carbocycles. The molecule has 0 unspecified atom stereocenters. The van der Waals surface area contributed by atoms with Crippen molar-refractivity contribution in [3.63, 3.8) is 0 Å². The lowest BCUT2D eigenvalue weighted by Crippen LogP contribution is -2.45. The van der Waals surface area contributed by atoms with E-state index in [9.17, 15) is 4.79 Å². The Bertz CT molecular complexity index is 900. The van der Waals surface area contributed by atoms with Crippen LogP contribution in [-0.4, -0.2) is 57.2 Å². The number of likely N-dealkylation sites (tertiary alicyclic amines) is 1. The van der Waals surface area contributed by atoms with E-state index in [1.165, 1.54) is 5.56 Å². The van der Waals surface area contributed by atoms with Crippen LogP contribution < -0.4 is 20.1 Å². The summed E-state index contributed by atoms with van der Waals surface area (Å²) in [5, 5.41) is 6.33. The lowest BCUT2D eigenvalue weighted by molar-refractivity contribution is -0.131. The Hall–Kier alpha value is -2.49. The molecule has 33 heavy (non-hydrogen) atoms. The van der Waals surface area contributed by atoms with Gasteiger partial charge in [0.1, 0.15) is 0 Å². The van der Waals surface area contributed by atoms with Crippen LogP contribution in [0, 0.1) is 5.92 Å². The van der Waals surface area contributed by atoms with Gasteiger partial charge in [-0.05, 0) is 49.8 Å². The van der Waals surface area contributed by atoms with Crippen LogP contribution in [-0.2, 0) is 11.2 Å². The van der Waals surface area contributed by atoms with Crippen LogP contribution in [0.5, 0.6) is 11.5 Å². The standard InChI is InChI=1S/C25H34N4O3.HI/c1-4-32-23-17-21(10-11-22(23)31-3)28-25(26-2)27-18-24(30)29-14-12-20(13-15-29)16-19-8-6-5-7-9-19;/h5-11,17,20H,4,12-16,18H2,1-3H3,(H2,26,27,28);1H. The fourth-order valence-corrected chi connectivity index (χ4v) is 3.94. The molecule has 180 valence electrons. The number of benzene rings is 2. The number of carbonyl (C=O) groups is 1. The fourth-order valence-electron chi connectivity index (χ4n) is 3.94. The van der Waals surface area contributed by atoms with Gasteiger partial charge in [-0.25, -0.2) is 0 Å². The number of hydrogen-bond acceptors (Lipinski definition) is 4. The number of carbonyl (C=O) groups excluding carboxylic acids is 1. The van der Waals surface area contributed by atoms with E-state index in [4.69, 9.17) is 9.47 Å². The van der Waals surface area contributed by atoms with Gasteiger partial charge >= 0.3 is 0 Å². The number of hydrogen-bond donors (Lipinski definition) is 2. The molecule has 2 aromatic carbocycles. The highest BCUT2D eigenvalue weighted by Gasteiger charge is 2.23. The summed E-state index contributed by atoms with van der Waals surface area (Å²) in [6, 6.07) is 16.2. The minimum atomic E-state index is 0. The SMILES string of the molecule is CCOc1cc(NC(=NC)NCC(=O)N2CCC(Cc3ccccc3)CC2)ccc1OC.I. The van der Waals surface area contributed by atoms with Crippen LogP contribution in [0.25, 0.3) is 0 Å². The molecule has 2 aromatic rings. The van der Waals surface area contributed by atoms with Gasteiger partial charge in [0.05, 0.1) is 20.3 Å². The molecular formula is C25H35IN4O3. The van der Waals surface area contributed by atoms with Crippen molar-refractivity contribution in [3.05, 3.63) is 54.1 Å². The minimum Gasteiger partial charge on any atom is -0.493 e. The lowest BCUT2D eigenvalue weighted by Gasteiger charge is -2.32. The predicted molar refractivity (Wildman–Crippen MR) is 144 cm³/mol. The maximum atomic E-state index is 12.7. The van der Waals surface area contributed by atoms with Gasteiger partial charge in [-0.2, -0.15) is 0 Å². The lowest BCUT2D eigenvalue weighted by atomic mass is 9.90. The van der Waals surface area contributed by atoms with E-state index in [2.05, 4.69) is 39.9 Å². The van der Waals surface area contributed by atoms with Crippen molar-refractivity contribution in [3.8, 4) is 11.5 Å². The topological polar surface area (TPSA) is 75.2 Å². The molecule has 1 heterocycles. The van der Waals surface area contributed by atoms with E-state index in [1.54, 1.807) is 14.2 Å². The van der Waals surface area contributed by atoms with E-state index < -0.39 is 0 Å². The maximum absolute atomic E-state index is 12.7. The Morgan fingerprint density at radius 3 is 2.48 bits per heavy atom. The first-order valence-corrected chi connectivity index (χ1v) is 11.2. The van der Waals surface area contributed by atoms with Crippen molar-refractivity contribution in [2.45, 2.75) is 26.2 Å². The number of nitrogens with zero attached hydrogens (tertiary/aromatic N) is 2. The molecule has 1 fully saturated rings. The van der Waals surface area contributed by atoms with Crippen LogP contribution in [0.4, 0.5) is 5.69 Å². The average Bonchev–Trinajstić information content (AvgIpc) is 2.83. The number of nitrogens with one attached hydrogen (secondary N) is 2. The molecule has 8 heteroatoms. The third-order valence-electron chi connectivity index (χ3n) is 5.69. The second kappa shape index (κ2) is 13.9. The molecule has 0 atom stereocenters. The first-order valence-electron chi connectivity index (χ1n) is 11.2. The van der Waals surface area contributed by atoms with Crippen molar-refractivity contribution in [1.82, 2.24) is 10.2 Å². The van der Waals surface area contributed by atoms with Gasteiger partial charge < -0.3 is 25.0 Å². The summed E-state index contributed by atoms with van der Waals surface area (Å²) in [4.78, 5) is 18.9. The van der Waals surface area contributed by atoms with Crippen molar-refractivity contribution >= 4 is 41.5 Å². The molecule has 1 amide bonds. The van der Waals surface area contributed by atoms with Gasteiger partial charge in [0.15, 0.2) is 17.5 Å². The maximum Gasteiger partial charge on any atom is 0.241 e. The van der Waals surface area contributed by atoms with E-state index in [-0.39, 0.29) is 36.4 Å². The summed E-state index contributed by atoms with van der Waals surface area (Å²) in [6.45, 7) is 4.29. The normalized spacial score (nSPS) is 14.3. The summed E-state index contributed by atoms with van der Waals surface area (Å²) < 4.78 is 10.9. The van der Waals surface area contributed by atoms with Crippen LogP contribution >= 0.6 is 24.0 Å². The summed E-state index contributed by atoms with van der Waals surface area (Å²) in [7, 11) is 3.30. The number of ether oxygens (including phenoxy) is 2. The molecule has 1 aliphatic heterocycles. The summed E-state index contributed by atoms with van der Waals surface area (Å²) in [6.07, 6.45) is 3.17. The zero-order valence-electron chi connectivity index (χ0n) is 19.7. The summed E-state index contributed by atoms with van der Waals surface area (Å²) >= 11 is 0. The second-order valence-electron chi connectivity index (χ2n) is 7.86. The smallest absolute Gasteiger partial charge is 0.241 e. The monoisotopic (exact) mass is 566 g/mol. The van der Waals surface area contributed by atoms with Gasteiger partial charge in [-0.1, -0.05) is 30.3 Å². The Labute approximate surface area is 214 Å². The average molecular weight is 566 g/mol. The van der Waals surface area contributed by atoms with Crippen molar-refractivity contribution in [2.75, 3.05) is 45.7 Å². The third kappa shape index (κ3) is 8.10. The quantitative estimate of drug-likeness (QED) is 0.285. The van der Waals surface area contributed by atoms with E-state index in [0.29, 0.717) is 30.0 Å². The molecule has 0 radical (unpaired) electrons. The van der Waals surface area contributed by atoms with Crippen molar-refractivity contribution in [2.24, 2.45) is 10.9 Å². The molecule has 0 saturated carbocycles. The molecule has 0 spiro atoms. The summed E-state index contributed by atoms with van der Waals surface area (Å²) in [5.41, 5.74) is 2.18. The zero-order chi connectivity index (χ0) is 22.8. The molecule has 1 aliphatic rings. The van der Waals surface area contributed by atoms with E-state index in [0.717, 1.165) is 38.0 Å². The van der Waals surface area contributed by atoms with Crippen LogP contribution in [0.3, 0.4) is 0 Å². The predicted octanol–water partition coefficient (Wildman–Crippen LogP) is 4.18. The Morgan fingerprint density at radius 1 is 1.12 bits per heavy atom. The number of halogens is 1. The number of methoxy groups -OCH3 is 1. The number of amides is 1. The first kappa shape index (κ1) is 26.8. The third-order valence-corrected chi connectivity index (χ3v) is 5.69. The number of rotatable bonds is 8. The highest BCUT2D eigenvalue weighted by molar-refractivity contribution is 14.0. The minimum absolute atomic E-state index is 0. The Balaban J connectivity index is 0.00000385. The van der Waals surface area contributed by atoms with E-state index >= 15 is 0 Å². The zero-order valence-corrected chi connectivity index (χ0v) is 22.0. The molecule has 0 aromatic heterocycles. The van der Waals surface area contributed by atoms with Crippen LogP contribution in [0.1, 0.15) is 25.3 Å². The highest BCUT2D eigenvalue weighted by Crippen LogP contribution is 2.30. The summed E-state index contributed by atoms with van der Waals surface area (Å²) in [5.74, 6) is 2.59. The van der Waals surface area contributed by atoms with Crippen LogP contribution in [0.15, 0.2) is 53.5 Å². The number of aliphatic imine (C=N–C) groups is 1. The van der Waals surface area contributed by atoms with Crippen molar-refractivity contribution < 1.29 is 14.3 Å². The van der Waals surface area contributed by atoms with Gasteiger partial charge in [0.25, 0.3) is 0 Å². The number of guanidine groups is 1. The van der Waals surface area contributed by atoms with Gasteiger partial charge in [0, 0.05) is 31.9 Å².